The molecular weight excluding hydrogens is 364 g/mol. The molecule has 1 aliphatic heterocycles. The van der Waals surface area contributed by atoms with Crippen LogP contribution < -0.4 is 10.6 Å². The van der Waals surface area contributed by atoms with Crippen molar-refractivity contribution in [2.45, 2.75) is 35.9 Å². The second-order valence-corrected chi connectivity index (χ2v) is 8.18. The molecule has 130 valence electrons. The number of carbonyl (C=O) groups is 1. The quantitative estimate of drug-likeness (QED) is 0.841. The molecular formula is C16H21ClN4OS2. The number of amides is 1. The second-order valence-electron chi connectivity index (χ2n) is 5.68. The first kappa shape index (κ1) is 19.2. The molecule has 0 bridgehead atoms. The Labute approximate surface area is 156 Å². The molecule has 3 rings (SSSR count). The lowest BCUT2D eigenvalue weighted by atomic mass is 9.97. The van der Waals surface area contributed by atoms with Crippen molar-refractivity contribution in [1.29, 1.82) is 0 Å². The zero-order valence-corrected chi connectivity index (χ0v) is 16.1. The summed E-state index contributed by atoms with van der Waals surface area (Å²) in [5.74, 6) is 0.254. The van der Waals surface area contributed by atoms with Crippen LogP contribution in [0.2, 0.25) is 0 Å². The zero-order chi connectivity index (χ0) is 16.2. The number of benzene rings is 1. The third kappa shape index (κ3) is 4.92. The van der Waals surface area contributed by atoms with Gasteiger partial charge in [0.15, 0.2) is 4.34 Å². The smallest absolute Gasteiger partial charge is 0.227 e. The Hall–Kier alpha value is -1.15. The summed E-state index contributed by atoms with van der Waals surface area (Å²) in [4.78, 5) is 13.4. The van der Waals surface area contributed by atoms with Gasteiger partial charge in [-0.15, -0.1) is 22.6 Å². The van der Waals surface area contributed by atoms with Gasteiger partial charge in [-0.3, -0.25) is 4.79 Å². The summed E-state index contributed by atoms with van der Waals surface area (Å²) in [5, 5.41) is 15.5. The van der Waals surface area contributed by atoms with Gasteiger partial charge in [-0.1, -0.05) is 23.1 Å². The van der Waals surface area contributed by atoms with Crippen LogP contribution in [0.3, 0.4) is 0 Å². The normalized spacial score (nSPS) is 14.9. The van der Waals surface area contributed by atoms with Crippen molar-refractivity contribution >= 4 is 47.1 Å². The maximum absolute atomic E-state index is 12.3. The summed E-state index contributed by atoms with van der Waals surface area (Å²) in [7, 11) is 0. The Morgan fingerprint density at radius 1 is 1.29 bits per heavy atom. The Morgan fingerprint density at radius 2 is 2.04 bits per heavy atom. The van der Waals surface area contributed by atoms with Crippen LogP contribution >= 0.6 is 35.5 Å². The van der Waals surface area contributed by atoms with E-state index >= 15 is 0 Å². The molecule has 0 atom stereocenters. The molecule has 0 aliphatic carbocycles. The van der Waals surface area contributed by atoms with Crippen molar-refractivity contribution in [3.05, 3.63) is 28.8 Å². The number of aromatic nitrogens is 2. The van der Waals surface area contributed by atoms with Crippen LogP contribution in [0.4, 0.5) is 5.69 Å². The average Bonchev–Trinajstić information content (AvgIpc) is 2.96. The predicted molar refractivity (Wildman–Crippen MR) is 101 cm³/mol. The minimum absolute atomic E-state index is 0. The van der Waals surface area contributed by atoms with Gasteiger partial charge in [-0.2, -0.15) is 0 Å². The van der Waals surface area contributed by atoms with Crippen LogP contribution in [-0.4, -0.2) is 29.2 Å². The molecule has 5 nitrogen and oxygen atoms in total. The van der Waals surface area contributed by atoms with Crippen molar-refractivity contribution in [3.8, 4) is 0 Å². The summed E-state index contributed by atoms with van der Waals surface area (Å²) in [6, 6.07) is 6.08. The van der Waals surface area contributed by atoms with Crippen LogP contribution in [0.5, 0.6) is 0 Å². The largest absolute Gasteiger partial charge is 0.326 e. The van der Waals surface area contributed by atoms with Crippen molar-refractivity contribution < 1.29 is 4.79 Å². The van der Waals surface area contributed by atoms with Gasteiger partial charge >= 0.3 is 0 Å². The lowest BCUT2D eigenvalue weighted by Crippen LogP contribution is -2.34. The number of hydrogen-bond donors (Lipinski definition) is 2. The minimum atomic E-state index is 0. The minimum Gasteiger partial charge on any atom is -0.326 e. The van der Waals surface area contributed by atoms with E-state index in [0.29, 0.717) is 0 Å². The maximum atomic E-state index is 12.3. The topological polar surface area (TPSA) is 66.9 Å². The molecule has 1 aromatic heterocycles. The van der Waals surface area contributed by atoms with E-state index in [2.05, 4.69) is 26.9 Å². The number of nitrogens with zero attached hydrogens (tertiary/aromatic N) is 2. The summed E-state index contributed by atoms with van der Waals surface area (Å²) in [5.41, 5.74) is 1.96. The molecule has 8 heteroatoms. The van der Waals surface area contributed by atoms with E-state index in [9.17, 15) is 4.79 Å². The van der Waals surface area contributed by atoms with Crippen molar-refractivity contribution in [2.75, 3.05) is 18.4 Å². The molecule has 1 amide bonds. The molecule has 2 heterocycles. The van der Waals surface area contributed by atoms with E-state index in [1.54, 1.807) is 23.1 Å². The predicted octanol–water partition coefficient (Wildman–Crippen LogP) is 3.67. The highest BCUT2D eigenvalue weighted by Gasteiger charge is 2.21. The van der Waals surface area contributed by atoms with Crippen molar-refractivity contribution in [3.63, 3.8) is 0 Å². The fourth-order valence-electron chi connectivity index (χ4n) is 2.58. The van der Waals surface area contributed by atoms with Crippen LogP contribution in [0.1, 0.15) is 23.4 Å². The third-order valence-electron chi connectivity index (χ3n) is 3.88. The standard InChI is InChI=1S/C16H20N4OS2.ClH/c1-10-9-13(23-16-20-19-11(2)22-16)3-4-14(10)18-15(21)12-5-7-17-8-6-12;/h3-4,9,12,17H,5-8H2,1-2H3,(H,18,21);1H. The fourth-order valence-corrected chi connectivity index (χ4v) is 4.47. The van der Waals surface area contributed by atoms with Crippen LogP contribution in [-0.2, 0) is 4.79 Å². The number of aryl methyl sites for hydroxylation is 2. The van der Waals surface area contributed by atoms with E-state index in [1.807, 2.05) is 26.0 Å². The van der Waals surface area contributed by atoms with E-state index in [0.717, 1.165) is 51.4 Å². The molecule has 1 aliphatic rings. The van der Waals surface area contributed by atoms with Gasteiger partial charge < -0.3 is 10.6 Å². The molecule has 1 saturated heterocycles. The second kappa shape index (κ2) is 8.80. The first-order valence-corrected chi connectivity index (χ1v) is 9.35. The summed E-state index contributed by atoms with van der Waals surface area (Å²) < 4.78 is 0.938. The Balaban J connectivity index is 0.00000208. The van der Waals surface area contributed by atoms with Gasteiger partial charge in [0, 0.05) is 16.5 Å². The van der Waals surface area contributed by atoms with Crippen LogP contribution in [0, 0.1) is 19.8 Å². The van der Waals surface area contributed by atoms with E-state index in [1.165, 1.54) is 0 Å². The third-order valence-corrected chi connectivity index (χ3v) is 5.76. The average molecular weight is 385 g/mol. The monoisotopic (exact) mass is 384 g/mol. The van der Waals surface area contributed by atoms with Crippen molar-refractivity contribution in [1.82, 2.24) is 15.5 Å². The lowest BCUT2D eigenvalue weighted by molar-refractivity contribution is -0.120. The molecule has 0 radical (unpaired) electrons. The number of carbonyl (C=O) groups excluding carboxylic acids is 1. The van der Waals surface area contributed by atoms with Gasteiger partial charge in [-0.05, 0) is 63.5 Å². The highest BCUT2D eigenvalue weighted by molar-refractivity contribution is 8.01. The first-order chi connectivity index (χ1) is 11.1. The van der Waals surface area contributed by atoms with E-state index in [4.69, 9.17) is 0 Å². The van der Waals surface area contributed by atoms with Crippen LogP contribution in [0.25, 0.3) is 0 Å². The number of hydrogen-bond acceptors (Lipinski definition) is 6. The fraction of sp³-hybridized carbons (Fsp3) is 0.438. The zero-order valence-electron chi connectivity index (χ0n) is 13.7. The van der Waals surface area contributed by atoms with Crippen LogP contribution in [0.15, 0.2) is 27.4 Å². The Morgan fingerprint density at radius 3 is 2.67 bits per heavy atom. The maximum Gasteiger partial charge on any atom is 0.227 e. The molecule has 1 aromatic carbocycles. The van der Waals surface area contributed by atoms with Gasteiger partial charge in [0.25, 0.3) is 0 Å². The lowest BCUT2D eigenvalue weighted by Gasteiger charge is -2.22. The van der Waals surface area contributed by atoms with Gasteiger partial charge in [0.2, 0.25) is 5.91 Å². The van der Waals surface area contributed by atoms with E-state index in [-0.39, 0.29) is 24.2 Å². The molecule has 0 spiro atoms. The number of piperidine rings is 1. The van der Waals surface area contributed by atoms with E-state index < -0.39 is 0 Å². The number of halogens is 1. The molecule has 24 heavy (non-hydrogen) atoms. The van der Waals surface area contributed by atoms with Gasteiger partial charge in [-0.25, -0.2) is 0 Å². The molecule has 2 N–H and O–H groups in total. The van der Waals surface area contributed by atoms with Gasteiger partial charge in [0.05, 0.1) is 0 Å². The Bertz CT molecular complexity index is 701. The molecule has 2 aromatic rings. The Kier molecular flexibility index (Phi) is 7.03. The summed E-state index contributed by atoms with van der Waals surface area (Å²) in [6.07, 6.45) is 1.82. The summed E-state index contributed by atoms with van der Waals surface area (Å²) in [6.45, 7) is 5.82. The number of rotatable bonds is 4. The van der Waals surface area contributed by atoms with Crippen molar-refractivity contribution in [2.24, 2.45) is 5.92 Å². The molecule has 0 unspecified atom stereocenters. The highest BCUT2D eigenvalue weighted by Crippen LogP contribution is 2.32. The molecule has 0 saturated carbocycles. The molecule has 1 fully saturated rings. The number of anilines is 1. The van der Waals surface area contributed by atoms with Gasteiger partial charge in [0.1, 0.15) is 5.01 Å². The SMILES string of the molecule is Cc1nnc(Sc2ccc(NC(=O)C3CCNCC3)c(C)c2)s1.Cl. The first-order valence-electron chi connectivity index (χ1n) is 7.72. The highest BCUT2D eigenvalue weighted by atomic mass is 35.5. The summed E-state index contributed by atoms with van der Waals surface area (Å²) >= 11 is 3.19. The number of nitrogens with one attached hydrogen (secondary N) is 2.